The standard InChI is InChI=1S/C23H30N2O3/c1-5-20(23(27)24-6-2)25(15-19-12-8-7-9-13-19)22(26)16-28-21-14-10-11-17(3)18(21)4/h7-14,20H,5-6,15-16H2,1-4H3,(H,24,27)/t20-/m1/s1. The predicted molar refractivity (Wildman–Crippen MR) is 111 cm³/mol. The largest absolute Gasteiger partial charge is 0.483 e. The van der Waals surface area contributed by atoms with Gasteiger partial charge in [0, 0.05) is 13.1 Å². The van der Waals surface area contributed by atoms with E-state index in [1.807, 2.05) is 76.2 Å². The first-order chi connectivity index (χ1) is 13.5. The minimum absolute atomic E-state index is 0.104. The van der Waals surface area contributed by atoms with E-state index in [0.717, 1.165) is 16.7 Å². The van der Waals surface area contributed by atoms with Crippen LogP contribution < -0.4 is 10.1 Å². The normalized spacial score (nSPS) is 11.6. The molecule has 0 heterocycles. The number of hydrogen-bond acceptors (Lipinski definition) is 3. The molecule has 0 spiro atoms. The molecule has 2 amide bonds. The van der Waals surface area contributed by atoms with Crippen LogP contribution in [0.25, 0.3) is 0 Å². The minimum atomic E-state index is -0.533. The number of amides is 2. The fraction of sp³-hybridized carbons (Fsp3) is 0.391. The van der Waals surface area contributed by atoms with Crippen LogP contribution in [0.1, 0.15) is 37.0 Å². The van der Waals surface area contributed by atoms with Crippen molar-refractivity contribution in [1.82, 2.24) is 10.2 Å². The van der Waals surface area contributed by atoms with E-state index in [-0.39, 0.29) is 18.4 Å². The van der Waals surface area contributed by atoms with Gasteiger partial charge in [-0.15, -0.1) is 0 Å². The highest BCUT2D eigenvalue weighted by atomic mass is 16.5. The van der Waals surface area contributed by atoms with Crippen molar-refractivity contribution in [3.05, 3.63) is 65.2 Å². The summed E-state index contributed by atoms with van der Waals surface area (Å²) in [6.45, 7) is 8.56. The third kappa shape index (κ3) is 5.59. The van der Waals surface area contributed by atoms with E-state index >= 15 is 0 Å². The van der Waals surface area contributed by atoms with Gasteiger partial charge in [-0.1, -0.05) is 49.4 Å². The van der Waals surface area contributed by atoms with Crippen LogP contribution in [0.4, 0.5) is 0 Å². The zero-order chi connectivity index (χ0) is 20.5. The molecule has 28 heavy (non-hydrogen) atoms. The average molecular weight is 383 g/mol. The Bertz CT molecular complexity index is 790. The SMILES string of the molecule is CCNC(=O)[C@@H](CC)N(Cc1ccccc1)C(=O)COc1cccc(C)c1C. The van der Waals surface area contributed by atoms with Gasteiger partial charge in [-0.3, -0.25) is 9.59 Å². The average Bonchev–Trinajstić information content (AvgIpc) is 2.69. The third-order valence-electron chi connectivity index (χ3n) is 4.84. The number of carbonyl (C=O) groups excluding carboxylic acids is 2. The van der Waals surface area contributed by atoms with Gasteiger partial charge in [0.25, 0.3) is 5.91 Å². The van der Waals surface area contributed by atoms with E-state index in [2.05, 4.69) is 5.32 Å². The molecule has 0 saturated heterocycles. The number of hydrogen-bond donors (Lipinski definition) is 1. The van der Waals surface area contributed by atoms with Gasteiger partial charge in [-0.05, 0) is 49.9 Å². The number of ether oxygens (including phenoxy) is 1. The second-order valence-electron chi connectivity index (χ2n) is 6.81. The number of aryl methyl sites for hydroxylation is 1. The summed E-state index contributed by atoms with van der Waals surface area (Å²) in [5.74, 6) is 0.350. The minimum Gasteiger partial charge on any atom is -0.483 e. The highest BCUT2D eigenvalue weighted by molar-refractivity contribution is 5.88. The van der Waals surface area contributed by atoms with Crippen LogP contribution in [0.5, 0.6) is 5.75 Å². The number of benzene rings is 2. The molecule has 1 atom stereocenters. The van der Waals surface area contributed by atoms with Crippen LogP contribution in [-0.2, 0) is 16.1 Å². The maximum atomic E-state index is 13.0. The highest BCUT2D eigenvalue weighted by Crippen LogP contribution is 2.21. The highest BCUT2D eigenvalue weighted by Gasteiger charge is 2.28. The molecule has 2 rings (SSSR count). The van der Waals surface area contributed by atoms with Crippen LogP contribution in [0, 0.1) is 13.8 Å². The van der Waals surface area contributed by atoms with Crippen molar-refractivity contribution >= 4 is 11.8 Å². The molecule has 0 saturated carbocycles. The van der Waals surface area contributed by atoms with Crippen LogP contribution >= 0.6 is 0 Å². The van der Waals surface area contributed by atoms with Crippen LogP contribution in [0.15, 0.2) is 48.5 Å². The maximum absolute atomic E-state index is 13.0. The monoisotopic (exact) mass is 382 g/mol. The topological polar surface area (TPSA) is 58.6 Å². The summed E-state index contributed by atoms with van der Waals surface area (Å²) in [5, 5.41) is 2.83. The van der Waals surface area contributed by atoms with Gasteiger partial charge < -0.3 is 15.0 Å². The van der Waals surface area contributed by atoms with Crippen molar-refractivity contribution in [2.24, 2.45) is 0 Å². The van der Waals surface area contributed by atoms with E-state index in [0.29, 0.717) is 25.3 Å². The lowest BCUT2D eigenvalue weighted by Crippen LogP contribution is -2.50. The predicted octanol–water partition coefficient (Wildman–Crippen LogP) is 3.63. The van der Waals surface area contributed by atoms with Gasteiger partial charge in [0.2, 0.25) is 5.91 Å². The fourth-order valence-electron chi connectivity index (χ4n) is 3.09. The molecule has 5 nitrogen and oxygen atoms in total. The van der Waals surface area contributed by atoms with Crippen molar-refractivity contribution in [2.45, 2.75) is 46.7 Å². The first-order valence-corrected chi connectivity index (χ1v) is 9.78. The molecule has 0 aliphatic carbocycles. The molecule has 0 aliphatic rings. The van der Waals surface area contributed by atoms with Gasteiger partial charge in [0.1, 0.15) is 11.8 Å². The van der Waals surface area contributed by atoms with E-state index < -0.39 is 6.04 Å². The number of likely N-dealkylation sites (N-methyl/N-ethyl adjacent to an activating group) is 1. The lowest BCUT2D eigenvalue weighted by Gasteiger charge is -2.30. The molecule has 2 aromatic rings. The molecule has 1 N–H and O–H groups in total. The maximum Gasteiger partial charge on any atom is 0.261 e. The zero-order valence-corrected chi connectivity index (χ0v) is 17.2. The Morgan fingerprint density at radius 1 is 1.04 bits per heavy atom. The molecule has 5 heteroatoms. The van der Waals surface area contributed by atoms with E-state index in [1.165, 1.54) is 0 Å². The van der Waals surface area contributed by atoms with Crippen LogP contribution in [0.2, 0.25) is 0 Å². The summed E-state index contributed by atoms with van der Waals surface area (Å²) < 4.78 is 5.81. The van der Waals surface area contributed by atoms with Crippen molar-refractivity contribution in [3.63, 3.8) is 0 Å². The van der Waals surface area contributed by atoms with E-state index in [1.54, 1.807) is 4.90 Å². The second-order valence-corrected chi connectivity index (χ2v) is 6.81. The first kappa shape index (κ1) is 21.5. The molecule has 0 aromatic heterocycles. The molecule has 0 aliphatic heterocycles. The number of rotatable bonds is 9. The molecular weight excluding hydrogens is 352 g/mol. The smallest absolute Gasteiger partial charge is 0.261 e. The number of nitrogens with zero attached hydrogens (tertiary/aromatic N) is 1. The van der Waals surface area contributed by atoms with E-state index in [9.17, 15) is 9.59 Å². The van der Waals surface area contributed by atoms with Gasteiger partial charge in [0.15, 0.2) is 6.61 Å². The Morgan fingerprint density at radius 3 is 2.39 bits per heavy atom. The Kier molecular flexibility index (Phi) is 8.05. The summed E-state index contributed by atoms with van der Waals surface area (Å²) in [4.78, 5) is 27.2. The van der Waals surface area contributed by atoms with Gasteiger partial charge in [0.05, 0.1) is 0 Å². The van der Waals surface area contributed by atoms with Gasteiger partial charge in [-0.25, -0.2) is 0 Å². The molecular formula is C23H30N2O3. The molecule has 0 fully saturated rings. The Balaban J connectivity index is 2.19. The molecule has 0 bridgehead atoms. The summed E-state index contributed by atoms with van der Waals surface area (Å²) in [5.41, 5.74) is 3.10. The Labute approximate surface area is 167 Å². The van der Waals surface area contributed by atoms with Crippen molar-refractivity contribution in [2.75, 3.05) is 13.2 Å². The summed E-state index contributed by atoms with van der Waals surface area (Å²) >= 11 is 0. The molecule has 0 radical (unpaired) electrons. The van der Waals surface area contributed by atoms with Gasteiger partial charge in [-0.2, -0.15) is 0 Å². The van der Waals surface area contributed by atoms with Crippen molar-refractivity contribution in [1.29, 1.82) is 0 Å². The first-order valence-electron chi connectivity index (χ1n) is 9.78. The second kappa shape index (κ2) is 10.5. The summed E-state index contributed by atoms with van der Waals surface area (Å²) in [7, 11) is 0. The molecule has 150 valence electrons. The molecule has 2 aromatic carbocycles. The lowest BCUT2D eigenvalue weighted by atomic mass is 10.1. The quantitative estimate of drug-likeness (QED) is 0.721. The van der Waals surface area contributed by atoms with Crippen LogP contribution in [0.3, 0.4) is 0 Å². The molecule has 0 unspecified atom stereocenters. The zero-order valence-electron chi connectivity index (χ0n) is 17.2. The number of nitrogens with one attached hydrogen (secondary N) is 1. The lowest BCUT2D eigenvalue weighted by molar-refractivity contribution is -0.142. The summed E-state index contributed by atoms with van der Waals surface area (Å²) in [6.07, 6.45) is 0.536. The van der Waals surface area contributed by atoms with Crippen molar-refractivity contribution < 1.29 is 14.3 Å². The summed E-state index contributed by atoms with van der Waals surface area (Å²) in [6, 6.07) is 14.9. The van der Waals surface area contributed by atoms with Crippen LogP contribution in [-0.4, -0.2) is 35.9 Å². The Morgan fingerprint density at radius 2 is 1.75 bits per heavy atom. The van der Waals surface area contributed by atoms with Gasteiger partial charge >= 0.3 is 0 Å². The van der Waals surface area contributed by atoms with Crippen molar-refractivity contribution in [3.8, 4) is 5.75 Å². The Hall–Kier alpha value is -2.82. The number of carbonyl (C=O) groups is 2. The third-order valence-corrected chi connectivity index (χ3v) is 4.84. The van der Waals surface area contributed by atoms with E-state index in [4.69, 9.17) is 4.74 Å². The fourth-order valence-corrected chi connectivity index (χ4v) is 3.09.